The van der Waals surface area contributed by atoms with Crippen LogP contribution in [-0.2, 0) is 4.79 Å². The number of hydrogen-bond acceptors (Lipinski definition) is 3. The van der Waals surface area contributed by atoms with Gasteiger partial charge in [-0.25, -0.2) is 4.39 Å². The number of hydrogen-bond donors (Lipinski definition) is 3. The zero-order valence-corrected chi connectivity index (χ0v) is 16.0. The van der Waals surface area contributed by atoms with E-state index in [0.29, 0.717) is 28.5 Å². The van der Waals surface area contributed by atoms with E-state index in [1.807, 2.05) is 0 Å². The summed E-state index contributed by atoms with van der Waals surface area (Å²) in [6.07, 6.45) is 1.84. The minimum Gasteiger partial charge on any atom is -0.316 e. The fraction of sp³-hybridized carbons (Fsp3) is 0.263. The lowest BCUT2D eigenvalue weighted by atomic mass is 9.99. The van der Waals surface area contributed by atoms with Gasteiger partial charge in [-0.3, -0.25) is 9.89 Å². The first kappa shape index (κ1) is 19.6. The molecule has 8 heteroatoms. The van der Waals surface area contributed by atoms with E-state index in [-0.39, 0.29) is 30.0 Å². The molecule has 2 aromatic carbocycles. The van der Waals surface area contributed by atoms with Crippen LogP contribution in [0.2, 0.25) is 5.02 Å². The SMILES string of the molecule is Cl.O=C(Nc1n[nH]c2ccc(-c3c(F)cccc3Cl)cc12)[C@@H]1CCCNC1. The average Bonchev–Trinajstić information content (AvgIpc) is 3.04. The molecule has 5 nitrogen and oxygen atoms in total. The van der Waals surface area contributed by atoms with Gasteiger partial charge in [0, 0.05) is 17.5 Å². The van der Waals surface area contributed by atoms with Gasteiger partial charge < -0.3 is 10.6 Å². The molecule has 0 bridgehead atoms. The number of carbonyl (C=O) groups excluding carboxylic acids is 1. The summed E-state index contributed by atoms with van der Waals surface area (Å²) >= 11 is 6.17. The number of carbonyl (C=O) groups is 1. The Labute approximate surface area is 167 Å². The Morgan fingerprint density at radius 1 is 1.30 bits per heavy atom. The predicted molar refractivity (Wildman–Crippen MR) is 108 cm³/mol. The number of halogens is 3. The van der Waals surface area contributed by atoms with Crippen LogP contribution in [0.4, 0.5) is 10.2 Å². The number of H-pyrrole nitrogens is 1. The minimum absolute atomic E-state index is 0. The maximum absolute atomic E-state index is 14.2. The second kappa shape index (κ2) is 8.25. The normalized spacial score (nSPS) is 16.7. The molecule has 1 saturated heterocycles. The van der Waals surface area contributed by atoms with Gasteiger partial charge in [0.1, 0.15) is 5.82 Å². The van der Waals surface area contributed by atoms with Crippen molar-refractivity contribution in [1.82, 2.24) is 15.5 Å². The number of amides is 1. The lowest BCUT2D eigenvalue weighted by Crippen LogP contribution is -2.37. The third kappa shape index (κ3) is 3.93. The quantitative estimate of drug-likeness (QED) is 0.601. The summed E-state index contributed by atoms with van der Waals surface area (Å²) in [6.45, 7) is 1.62. The molecule has 0 saturated carbocycles. The van der Waals surface area contributed by atoms with Crippen LogP contribution >= 0.6 is 24.0 Å². The Hall–Kier alpha value is -2.15. The highest BCUT2D eigenvalue weighted by Crippen LogP contribution is 2.33. The number of rotatable bonds is 3. The van der Waals surface area contributed by atoms with Crippen molar-refractivity contribution in [1.29, 1.82) is 0 Å². The lowest BCUT2D eigenvalue weighted by molar-refractivity contribution is -0.120. The molecule has 0 spiro atoms. The number of nitrogens with one attached hydrogen (secondary N) is 3. The number of fused-ring (bicyclic) bond motifs is 1. The maximum Gasteiger partial charge on any atom is 0.229 e. The van der Waals surface area contributed by atoms with Crippen molar-refractivity contribution in [3.8, 4) is 11.1 Å². The number of benzene rings is 2. The van der Waals surface area contributed by atoms with E-state index in [1.165, 1.54) is 6.07 Å². The molecule has 27 heavy (non-hydrogen) atoms. The van der Waals surface area contributed by atoms with Gasteiger partial charge in [-0.1, -0.05) is 23.7 Å². The molecule has 0 unspecified atom stereocenters. The van der Waals surface area contributed by atoms with Crippen LogP contribution in [0.1, 0.15) is 12.8 Å². The molecule has 1 atom stereocenters. The van der Waals surface area contributed by atoms with Crippen molar-refractivity contribution < 1.29 is 9.18 Å². The van der Waals surface area contributed by atoms with Crippen molar-refractivity contribution in [2.45, 2.75) is 12.8 Å². The number of anilines is 1. The molecular formula is C19H19Cl2FN4O. The van der Waals surface area contributed by atoms with Gasteiger partial charge in [0.05, 0.1) is 16.5 Å². The fourth-order valence-corrected chi connectivity index (χ4v) is 3.60. The van der Waals surface area contributed by atoms with E-state index in [0.717, 1.165) is 30.3 Å². The molecule has 1 fully saturated rings. The van der Waals surface area contributed by atoms with Crippen molar-refractivity contribution >= 4 is 46.6 Å². The number of nitrogens with zero attached hydrogens (tertiary/aromatic N) is 1. The van der Waals surface area contributed by atoms with Crippen LogP contribution in [0.5, 0.6) is 0 Å². The Balaban J connectivity index is 0.00000210. The summed E-state index contributed by atoms with van der Waals surface area (Å²) < 4.78 is 14.2. The van der Waals surface area contributed by atoms with Crippen molar-refractivity contribution in [3.63, 3.8) is 0 Å². The van der Waals surface area contributed by atoms with Crippen LogP contribution in [0, 0.1) is 11.7 Å². The molecule has 1 aliphatic rings. The highest BCUT2D eigenvalue weighted by atomic mass is 35.5. The second-order valence-corrected chi connectivity index (χ2v) is 6.87. The maximum atomic E-state index is 14.2. The van der Waals surface area contributed by atoms with E-state index in [1.54, 1.807) is 30.3 Å². The van der Waals surface area contributed by atoms with E-state index < -0.39 is 0 Å². The molecule has 1 aromatic heterocycles. The Morgan fingerprint density at radius 2 is 2.15 bits per heavy atom. The first-order valence-electron chi connectivity index (χ1n) is 8.57. The molecule has 142 valence electrons. The van der Waals surface area contributed by atoms with Gasteiger partial charge in [-0.05, 0) is 49.2 Å². The first-order chi connectivity index (χ1) is 12.6. The molecule has 1 amide bonds. The van der Waals surface area contributed by atoms with E-state index in [2.05, 4.69) is 20.8 Å². The number of aromatic nitrogens is 2. The number of piperidine rings is 1. The average molecular weight is 409 g/mol. The Kier molecular flexibility index (Phi) is 5.99. The summed E-state index contributed by atoms with van der Waals surface area (Å²) in [6, 6.07) is 9.97. The minimum atomic E-state index is -0.390. The second-order valence-electron chi connectivity index (χ2n) is 6.46. The van der Waals surface area contributed by atoms with Gasteiger partial charge in [0.2, 0.25) is 5.91 Å². The van der Waals surface area contributed by atoms with Crippen molar-refractivity contribution in [3.05, 3.63) is 47.2 Å². The summed E-state index contributed by atoms with van der Waals surface area (Å²) in [5, 5.41) is 14.3. The smallest absolute Gasteiger partial charge is 0.229 e. The standard InChI is InChI=1S/C19H18ClFN4O.ClH/c20-14-4-1-5-15(21)17(14)11-6-7-16-13(9-11)18(25-24-16)23-19(26)12-3-2-8-22-10-12;/h1,4-7,9,12,22H,2-3,8,10H2,(H2,23,24,25,26);1H/t12-;/m1./s1. The molecule has 0 aliphatic carbocycles. The molecule has 4 rings (SSSR count). The topological polar surface area (TPSA) is 69.8 Å². The van der Waals surface area contributed by atoms with Crippen LogP contribution in [0.3, 0.4) is 0 Å². The molecule has 3 N–H and O–H groups in total. The summed E-state index contributed by atoms with van der Waals surface area (Å²) in [5.74, 6) is -0.0660. The van der Waals surface area contributed by atoms with Crippen LogP contribution < -0.4 is 10.6 Å². The summed E-state index contributed by atoms with van der Waals surface area (Å²) in [5.41, 5.74) is 1.74. The molecular weight excluding hydrogens is 390 g/mol. The zero-order valence-electron chi connectivity index (χ0n) is 14.4. The van der Waals surface area contributed by atoms with Crippen LogP contribution in [0.25, 0.3) is 22.0 Å². The van der Waals surface area contributed by atoms with Gasteiger partial charge >= 0.3 is 0 Å². The third-order valence-electron chi connectivity index (χ3n) is 4.72. The van der Waals surface area contributed by atoms with Gasteiger partial charge in [-0.2, -0.15) is 5.10 Å². The largest absolute Gasteiger partial charge is 0.316 e. The zero-order chi connectivity index (χ0) is 18.1. The van der Waals surface area contributed by atoms with Gasteiger partial charge in [0.15, 0.2) is 5.82 Å². The van der Waals surface area contributed by atoms with Crippen LogP contribution in [0.15, 0.2) is 36.4 Å². The predicted octanol–water partition coefficient (Wildman–Crippen LogP) is 4.38. The number of aromatic amines is 1. The monoisotopic (exact) mass is 408 g/mol. The van der Waals surface area contributed by atoms with E-state index in [9.17, 15) is 9.18 Å². The first-order valence-corrected chi connectivity index (χ1v) is 8.95. The van der Waals surface area contributed by atoms with E-state index >= 15 is 0 Å². The van der Waals surface area contributed by atoms with Gasteiger partial charge in [-0.15, -0.1) is 12.4 Å². The molecule has 2 heterocycles. The highest BCUT2D eigenvalue weighted by Gasteiger charge is 2.22. The van der Waals surface area contributed by atoms with E-state index in [4.69, 9.17) is 11.6 Å². The third-order valence-corrected chi connectivity index (χ3v) is 5.04. The van der Waals surface area contributed by atoms with Gasteiger partial charge in [0.25, 0.3) is 0 Å². The Morgan fingerprint density at radius 3 is 2.89 bits per heavy atom. The fourth-order valence-electron chi connectivity index (χ4n) is 3.33. The molecule has 1 aliphatic heterocycles. The summed E-state index contributed by atoms with van der Waals surface area (Å²) in [4.78, 5) is 12.5. The molecule has 3 aromatic rings. The van der Waals surface area contributed by atoms with Crippen LogP contribution in [-0.4, -0.2) is 29.2 Å². The van der Waals surface area contributed by atoms with Crippen molar-refractivity contribution in [2.24, 2.45) is 5.92 Å². The summed E-state index contributed by atoms with van der Waals surface area (Å²) in [7, 11) is 0. The highest BCUT2D eigenvalue weighted by molar-refractivity contribution is 6.33. The Bertz CT molecular complexity index is 949. The molecule has 0 radical (unpaired) electrons. The lowest BCUT2D eigenvalue weighted by Gasteiger charge is -2.21. The van der Waals surface area contributed by atoms with Crippen molar-refractivity contribution in [2.75, 3.05) is 18.4 Å².